The van der Waals surface area contributed by atoms with Gasteiger partial charge in [-0.2, -0.15) is 10.4 Å². The number of nitriles is 1. The minimum absolute atomic E-state index is 0.110. The zero-order chi connectivity index (χ0) is 15.0. The third-order valence-electron chi connectivity index (χ3n) is 1.93. The highest BCUT2D eigenvalue weighted by atomic mass is 35.5. The van der Waals surface area contributed by atoms with Crippen LogP contribution in [0.4, 0.5) is 10.5 Å². The van der Waals surface area contributed by atoms with Gasteiger partial charge in [0.15, 0.2) is 0 Å². The fourth-order valence-electron chi connectivity index (χ4n) is 1.12. The van der Waals surface area contributed by atoms with E-state index in [4.69, 9.17) is 16.9 Å². The maximum absolute atomic E-state index is 11.5. The Morgan fingerprint density at radius 1 is 1.50 bits per heavy atom. The molecular weight excluding hydrogens is 284 g/mol. The molecule has 0 atom stereocenters. The standard InChI is InChI=1S/C12H11ClN4O3/c1-2-20-12(19)15-11(18)10(7-14)17-16-9-5-3-4-8(13)6-9/h3-6,16H,2H2,1H3,(H,15,18,19). The van der Waals surface area contributed by atoms with Crippen molar-refractivity contribution in [2.75, 3.05) is 12.0 Å². The molecule has 0 aromatic heterocycles. The van der Waals surface area contributed by atoms with Crippen LogP contribution in [-0.2, 0) is 9.53 Å². The van der Waals surface area contributed by atoms with Crippen molar-refractivity contribution in [1.82, 2.24) is 5.32 Å². The van der Waals surface area contributed by atoms with Crippen molar-refractivity contribution in [1.29, 1.82) is 5.26 Å². The number of rotatable bonds is 4. The van der Waals surface area contributed by atoms with Crippen molar-refractivity contribution in [2.24, 2.45) is 5.10 Å². The second kappa shape index (κ2) is 7.76. The Hall–Kier alpha value is -2.59. The predicted octanol–water partition coefficient (Wildman–Crippen LogP) is 1.90. The van der Waals surface area contributed by atoms with E-state index in [2.05, 4.69) is 15.3 Å². The highest BCUT2D eigenvalue weighted by Gasteiger charge is 2.15. The van der Waals surface area contributed by atoms with Gasteiger partial charge in [-0.3, -0.25) is 15.5 Å². The SMILES string of the molecule is CCOC(=O)NC(=O)C(C#N)=NNc1cccc(Cl)c1. The van der Waals surface area contributed by atoms with E-state index in [9.17, 15) is 9.59 Å². The zero-order valence-electron chi connectivity index (χ0n) is 10.5. The van der Waals surface area contributed by atoms with Crippen molar-refractivity contribution in [2.45, 2.75) is 6.92 Å². The molecule has 0 bridgehead atoms. The molecule has 1 aromatic carbocycles. The zero-order valence-corrected chi connectivity index (χ0v) is 11.3. The fraction of sp³-hybridized carbons (Fsp3) is 0.167. The number of amides is 2. The summed E-state index contributed by atoms with van der Waals surface area (Å²) < 4.78 is 4.51. The Morgan fingerprint density at radius 3 is 2.85 bits per heavy atom. The third kappa shape index (κ3) is 4.96. The van der Waals surface area contributed by atoms with Gasteiger partial charge in [0.05, 0.1) is 12.3 Å². The molecule has 2 N–H and O–H groups in total. The summed E-state index contributed by atoms with van der Waals surface area (Å²) in [5, 5.41) is 14.7. The molecule has 0 saturated carbocycles. The summed E-state index contributed by atoms with van der Waals surface area (Å²) in [5.41, 5.74) is 2.47. The van der Waals surface area contributed by atoms with Crippen molar-refractivity contribution >= 4 is 35.0 Å². The van der Waals surface area contributed by atoms with E-state index in [0.717, 1.165) is 0 Å². The summed E-state index contributed by atoms with van der Waals surface area (Å²) >= 11 is 5.77. The smallest absolute Gasteiger partial charge is 0.414 e. The first-order chi connectivity index (χ1) is 9.56. The summed E-state index contributed by atoms with van der Waals surface area (Å²) in [5.74, 6) is -0.958. The van der Waals surface area contributed by atoms with E-state index in [0.29, 0.717) is 10.7 Å². The normalized spacial score (nSPS) is 10.3. The molecule has 1 rings (SSSR count). The van der Waals surface area contributed by atoms with Gasteiger partial charge in [-0.25, -0.2) is 4.79 Å². The lowest BCUT2D eigenvalue weighted by molar-refractivity contribution is -0.114. The van der Waals surface area contributed by atoms with Gasteiger partial charge in [0.1, 0.15) is 6.07 Å². The minimum Gasteiger partial charge on any atom is -0.450 e. The monoisotopic (exact) mass is 294 g/mol. The average Bonchev–Trinajstić information content (AvgIpc) is 2.39. The number of alkyl carbamates (subject to hydrolysis) is 1. The molecule has 0 saturated heterocycles. The third-order valence-corrected chi connectivity index (χ3v) is 2.17. The average molecular weight is 295 g/mol. The van der Waals surface area contributed by atoms with Crippen LogP contribution in [0.15, 0.2) is 29.4 Å². The Morgan fingerprint density at radius 2 is 2.25 bits per heavy atom. The van der Waals surface area contributed by atoms with Crippen LogP contribution in [0.3, 0.4) is 0 Å². The number of carbonyl (C=O) groups excluding carboxylic acids is 2. The van der Waals surface area contributed by atoms with Crippen molar-refractivity contribution in [3.05, 3.63) is 29.3 Å². The number of benzene rings is 1. The van der Waals surface area contributed by atoms with E-state index in [1.807, 2.05) is 5.32 Å². The second-order valence-corrected chi connectivity index (χ2v) is 3.81. The summed E-state index contributed by atoms with van der Waals surface area (Å²) in [6.45, 7) is 1.70. The van der Waals surface area contributed by atoms with Crippen molar-refractivity contribution in [3.8, 4) is 6.07 Å². The van der Waals surface area contributed by atoms with Crippen LogP contribution >= 0.6 is 11.6 Å². The second-order valence-electron chi connectivity index (χ2n) is 3.37. The summed E-state index contributed by atoms with van der Waals surface area (Å²) in [4.78, 5) is 22.6. The molecule has 0 fully saturated rings. The molecule has 104 valence electrons. The number of anilines is 1. The van der Waals surface area contributed by atoms with E-state index in [1.54, 1.807) is 37.3 Å². The molecule has 0 spiro atoms. The molecule has 0 heterocycles. The van der Waals surface area contributed by atoms with Gasteiger partial charge in [-0.1, -0.05) is 17.7 Å². The number of ether oxygens (including phenoxy) is 1. The first kappa shape index (κ1) is 15.5. The first-order valence-electron chi connectivity index (χ1n) is 5.54. The molecule has 20 heavy (non-hydrogen) atoms. The molecule has 0 aliphatic carbocycles. The van der Waals surface area contributed by atoms with Crippen molar-refractivity contribution < 1.29 is 14.3 Å². The predicted molar refractivity (Wildman–Crippen MR) is 73.3 cm³/mol. The Bertz CT molecular complexity index is 580. The molecule has 0 aliphatic rings. The summed E-state index contributed by atoms with van der Waals surface area (Å²) in [7, 11) is 0. The van der Waals surface area contributed by atoms with Crippen LogP contribution in [-0.4, -0.2) is 24.3 Å². The molecule has 0 unspecified atom stereocenters. The number of nitrogens with one attached hydrogen (secondary N) is 2. The molecule has 0 aliphatic heterocycles. The highest BCUT2D eigenvalue weighted by molar-refractivity contribution is 6.46. The van der Waals surface area contributed by atoms with Gasteiger partial charge < -0.3 is 4.74 Å². The van der Waals surface area contributed by atoms with Gasteiger partial charge in [0.2, 0.25) is 5.71 Å². The van der Waals surface area contributed by atoms with Crippen LogP contribution in [0.5, 0.6) is 0 Å². The summed E-state index contributed by atoms with van der Waals surface area (Å²) in [6, 6.07) is 8.11. The van der Waals surface area contributed by atoms with Crippen LogP contribution in [0, 0.1) is 11.3 Å². The number of hydrogen-bond donors (Lipinski definition) is 2. The summed E-state index contributed by atoms with van der Waals surface area (Å²) in [6.07, 6.45) is -0.941. The van der Waals surface area contributed by atoms with Gasteiger partial charge in [-0.05, 0) is 25.1 Å². The van der Waals surface area contributed by atoms with Gasteiger partial charge in [-0.15, -0.1) is 0 Å². The quantitative estimate of drug-likeness (QED) is 0.652. The largest absolute Gasteiger partial charge is 0.450 e. The number of halogens is 1. The van der Waals surface area contributed by atoms with Crippen LogP contribution in [0.25, 0.3) is 0 Å². The van der Waals surface area contributed by atoms with E-state index in [1.165, 1.54) is 0 Å². The Kier molecular flexibility index (Phi) is 6.00. The van der Waals surface area contributed by atoms with Crippen LogP contribution in [0.1, 0.15) is 6.92 Å². The lowest BCUT2D eigenvalue weighted by atomic mass is 10.3. The molecule has 8 heteroatoms. The van der Waals surface area contributed by atoms with Crippen LogP contribution < -0.4 is 10.7 Å². The highest BCUT2D eigenvalue weighted by Crippen LogP contribution is 2.14. The van der Waals surface area contributed by atoms with Gasteiger partial charge in [0.25, 0.3) is 5.91 Å². The van der Waals surface area contributed by atoms with E-state index >= 15 is 0 Å². The lowest BCUT2D eigenvalue weighted by Gasteiger charge is -2.03. The molecule has 0 radical (unpaired) electrons. The Balaban J connectivity index is 2.70. The number of imide groups is 1. The minimum atomic E-state index is -0.958. The van der Waals surface area contributed by atoms with E-state index in [-0.39, 0.29) is 6.61 Å². The first-order valence-corrected chi connectivity index (χ1v) is 5.92. The molecule has 2 amide bonds. The number of hydrogen-bond acceptors (Lipinski definition) is 6. The Labute approximate surface area is 120 Å². The fourth-order valence-corrected chi connectivity index (χ4v) is 1.31. The molecular formula is C12H11ClN4O3. The van der Waals surface area contributed by atoms with Gasteiger partial charge in [0, 0.05) is 5.02 Å². The molecule has 1 aromatic rings. The van der Waals surface area contributed by atoms with Gasteiger partial charge >= 0.3 is 6.09 Å². The maximum Gasteiger partial charge on any atom is 0.414 e. The maximum atomic E-state index is 11.5. The van der Waals surface area contributed by atoms with Crippen LogP contribution in [0.2, 0.25) is 5.02 Å². The number of nitrogens with zero attached hydrogens (tertiary/aromatic N) is 2. The lowest BCUT2D eigenvalue weighted by Crippen LogP contribution is -2.36. The van der Waals surface area contributed by atoms with Crippen molar-refractivity contribution in [3.63, 3.8) is 0 Å². The van der Waals surface area contributed by atoms with E-state index < -0.39 is 17.7 Å². The topological polar surface area (TPSA) is 104 Å². The number of hydrazone groups is 1. The number of carbonyl (C=O) groups is 2. The molecule has 7 nitrogen and oxygen atoms in total.